The van der Waals surface area contributed by atoms with Gasteiger partial charge in [-0.2, -0.15) is 0 Å². The summed E-state index contributed by atoms with van der Waals surface area (Å²) in [5.41, 5.74) is -0.800. The molecule has 0 aromatic carbocycles. The van der Waals surface area contributed by atoms with Crippen LogP contribution in [0, 0.1) is 5.41 Å². The highest BCUT2D eigenvalue weighted by molar-refractivity contribution is 5.84. The topological polar surface area (TPSA) is 80.3 Å². The molecule has 8 heteroatoms. The zero-order valence-corrected chi connectivity index (χ0v) is 20.4. The van der Waals surface area contributed by atoms with E-state index in [1.165, 1.54) is 0 Å². The van der Waals surface area contributed by atoms with Crippen molar-refractivity contribution in [1.82, 2.24) is 15.1 Å². The molecule has 182 valence electrons. The minimum atomic E-state index is -0.501. The summed E-state index contributed by atoms with van der Waals surface area (Å²) >= 11 is 0. The number of amides is 2. The van der Waals surface area contributed by atoms with E-state index in [0.717, 1.165) is 45.1 Å². The van der Waals surface area contributed by atoms with Gasteiger partial charge in [-0.1, -0.05) is 6.92 Å². The molecule has 0 spiro atoms. The first kappa shape index (κ1) is 23.8. The second-order valence-electron chi connectivity index (χ2n) is 11.1. The Labute approximate surface area is 192 Å². The highest BCUT2D eigenvalue weighted by Gasteiger charge is 2.53. The number of likely N-dealkylation sites (tertiary alicyclic amines) is 2. The number of fused-ring (bicyclic) bond motifs is 2. The molecule has 4 fully saturated rings. The highest BCUT2D eigenvalue weighted by atomic mass is 16.6. The number of rotatable bonds is 5. The average Bonchev–Trinajstić information content (AvgIpc) is 3.47. The number of piperazine rings is 1. The molecule has 3 aliphatic heterocycles. The molecular formula is C24H41N3O5. The van der Waals surface area contributed by atoms with Crippen molar-refractivity contribution in [2.75, 3.05) is 33.4 Å². The van der Waals surface area contributed by atoms with E-state index in [0.29, 0.717) is 25.7 Å². The molecule has 2 bridgehead atoms. The zero-order chi connectivity index (χ0) is 23.1. The van der Waals surface area contributed by atoms with Crippen LogP contribution in [0.2, 0.25) is 0 Å². The van der Waals surface area contributed by atoms with Gasteiger partial charge in [-0.25, -0.2) is 4.79 Å². The van der Waals surface area contributed by atoms with Crippen LogP contribution in [0.25, 0.3) is 0 Å². The van der Waals surface area contributed by atoms with Crippen LogP contribution in [0.1, 0.15) is 66.2 Å². The molecule has 3 saturated heterocycles. The van der Waals surface area contributed by atoms with Gasteiger partial charge in [-0.3, -0.25) is 4.79 Å². The van der Waals surface area contributed by atoms with Crippen molar-refractivity contribution in [3.63, 3.8) is 0 Å². The van der Waals surface area contributed by atoms with E-state index in [9.17, 15) is 9.59 Å². The average molecular weight is 452 g/mol. The number of carbonyl (C=O) groups is 2. The van der Waals surface area contributed by atoms with Crippen molar-refractivity contribution in [1.29, 1.82) is 0 Å². The fraction of sp³-hybridized carbons (Fsp3) is 0.917. The third-order valence-electron chi connectivity index (χ3n) is 7.93. The van der Waals surface area contributed by atoms with Crippen molar-refractivity contribution >= 4 is 12.0 Å². The summed E-state index contributed by atoms with van der Waals surface area (Å²) in [6.07, 6.45) is 5.29. The number of ether oxygens (including phenoxy) is 3. The molecule has 1 saturated carbocycles. The normalized spacial score (nSPS) is 37.2. The molecule has 32 heavy (non-hydrogen) atoms. The monoisotopic (exact) mass is 451 g/mol. The summed E-state index contributed by atoms with van der Waals surface area (Å²) < 4.78 is 16.7. The number of hydrogen-bond donors (Lipinski definition) is 1. The largest absolute Gasteiger partial charge is 0.444 e. The van der Waals surface area contributed by atoms with E-state index in [4.69, 9.17) is 14.2 Å². The fourth-order valence-electron chi connectivity index (χ4n) is 6.14. The first-order valence-corrected chi connectivity index (χ1v) is 12.3. The van der Waals surface area contributed by atoms with Gasteiger partial charge < -0.3 is 29.3 Å². The lowest BCUT2D eigenvalue weighted by Crippen LogP contribution is -2.55. The van der Waals surface area contributed by atoms with Crippen LogP contribution in [0.4, 0.5) is 4.79 Å². The van der Waals surface area contributed by atoms with Gasteiger partial charge in [0.2, 0.25) is 5.91 Å². The Morgan fingerprint density at radius 1 is 1.16 bits per heavy atom. The van der Waals surface area contributed by atoms with Gasteiger partial charge >= 0.3 is 6.09 Å². The molecule has 0 aromatic rings. The van der Waals surface area contributed by atoms with Crippen molar-refractivity contribution in [2.24, 2.45) is 5.41 Å². The minimum Gasteiger partial charge on any atom is -0.444 e. The van der Waals surface area contributed by atoms with Crippen LogP contribution in [0.15, 0.2) is 0 Å². The second kappa shape index (κ2) is 9.11. The SMILES string of the molecule is CC[C@]1(C(=O)N2C[C@@H]3C[C@H]2CN3C(=O)OC(C)(C)C)CC[C@@H](N[C@H]2CCOC[C@H]2OC)C1. The molecule has 0 unspecified atom stereocenters. The van der Waals surface area contributed by atoms with Gasteiger partial charge in [-0.15, -0.1) is 0 Å². The van der Waals surface area contributed by atoms with Crippen LogP contribution < -0.4 is 5.32 Å². The van der Waals surface area contributed by atoms with Gasteiger partial charge in [0.15, 0.2) is 0 Å². The Bertz CT molecular complexity index is 710. The third-order valence-corrected chi connectivity index (χ3v) is 7.93. The van der Waals surface area contributed by atoms with E-state index in [1.807, 2.05) is 25.7 Å². The Morgan fingerprint density at radius 2 is 1.88 bits per heavy atom. The first-order valence-electron chi connectivity index (χ1n) is 12.3. The van der Waals surface area contributed by atoms with E-state index in [2.05, 4.69) is 17.1 Å². The maximum Gasteiger partial charge on any atom is 0.410 e. The molecule has 1 N–H and O–H groups in total. The predicted octanol–water partition coefficient (Wildman–Crippen LogP) is 2.55. The maximum atomic E-state index is 13.8. The fourth-order valence-corrected chi connectivity index (χ4v) is 6.14. The van der Waals surface area contributed by atoms with Crippen LogP contribution in [-0.4, -0.2) is 91.1 Å². The zero-order valence-electron chi connectivity index (χ0n) is 20.4. The van der Waals surface area contributed by atoms with Crippen LogP contribution >= 0.6 is 0 Å². The molecule has 8 nitrogen and oxygen atoms in total. The lowest BCUT2D eigenvalue weighted by atomic mass is 9.81. The van der Waals surface area contributed by atoms with Crippen molar-refractivity contribution in [3.05, 3.63) is 0 Å². The lowest BCUT2D eigenvalue weighted by molar-refractivity contribution is -0.144. The van der Waals surface area contributed by atoms with Gasteiger partial charge in [0.25, 0.3) is 0 Å². The van der Waals surface area contributed by atoms with Crippen LogP contribution in [0.5, 0.6) is 0 Å². The van der Waals surface area contributed by atoms with Crippen LogP contribution in [-0.2, 0) is 19.0 Å². The Kier molecular flexibility index (Phi) is 6.76. The summed E-state index contributed by atoms with van der Waals surface area (Å²) in [6, 6.07) is 0.806. The number of methoxy groups -OCH3 is 1. The van der Waals surface area contributed by atoms with Gasteiger partial charge in [-0.05, 0) is 59.3 Å². The summed E-state index contributed by atoms with van der Waals surface area (Å²) in [4.78, 5) is 30.2. The second-order valence-corrected chi connectivity index (χ2v) is 11.1. The van der Waals surface area contributed by atoms with Crippen molar-refractivity contribution in [2.45, 2.75) is 102 Å². The number of carbonyl (C=O) groups excluding carboxylic acids is 2. The number of hydrogen-bond acceptors (Lipinski definition) is 6. The molecular weight excluding hydrogens is 410 g/mol. The van der Waals surface area contributed by atoms with Crippen molar-refractivity contribution < 1.29 is 23.8 Å². The lowest BCUT2D eigenvalue weighted by Gasteiger charge is -2.40. The van der Waals surface area contributed by atoms with Crippen LogP contribution in [0.3, 0.4) is 0 Å². The number of nitrogens with zero attached hydrogens (tertiary/aromatic N) is 2. The van der Waals surface area contributed by atoms with Crippen molar-refractivity contribution in [3.8, 4) is 0 Å². The smallest absolute Gasteiger partial charge is 0.410 e. The summed E-state index contributed by atoms with van der Waals surface area (Å²) in [5.74, 6) is 0.288. The van der Waals surface area contributed by atoms with E-state index < -0.39 is 5.60 Å². The van der Waals surface area contributed by atoms with E-state index in [1.54, 1.807) is 7.11 Å². The molecule has 0 radical (unpaired) electrons. The summed E-state index contributed by atoms with van der Waals surface area (Å²) in [5, 5.41) is 3.79. The summed E-state index contributed by atoms with van der Waals surface area (Å²) in [7, 11) is 1.74. The van der Waals surface area contributed by atoms with Gasteiger partial charge in [0.05, 0.1) is 30.2 Å². The minimum absolute atomic E-state index is 0.0734. The molecule has 3 heterocycles. The summed E-state index contributed by atoms with van der Waals surface area (Å²) in [6.45, 7) is 10.4. The highest BCUT2D eigenvalue weighted by Crippen LogP contribution is 2.45. The predicted molar refractivity (Wildman–Crippen MR) is 120 cm³/mol. The Balaban J connectivity index is 1.35. The first-order chi connectivity index (χ1) is 15.2. The van der Waals surface area contributed by atoms with Gasteiger partial charge in [0.1, 0.15) is 5.60 Å². The van der Waals surface area contributed by atoms with Gasteiger partial charge in [0, 0.05) is 38.9 Å². The molecule has 4 rings (SSSR count). The molecule has 1 aliphatic carbocycles. The van der Waals surface area contributed by atoms with E-state index in [-0.39, 0.29) is 41.6 Å². The maximum absolute atomic E-state index is 13.8. The standard InChI is InChI=1S/C24H41N3O5/c1-6-24(9-7-16(12-24)25-19-8-10-31-15-20(19)30-5)21(28)26-13-18-11-17(26)14-27(18)22(29)32-23(2,3)4/h16-20,25H,6-15H2,1-5H3/t16-,17+,18+,19+,20-,24+/m1/s1. The van der Waals surface area contributed by atoms with E-state index >= 15 is 0 Å². The third kappa shape index (κ3) is 4.64. The number of nitrogens with one attached hydrogen (secondary N) is 1. The molecule has 2 amide bonds. The molecule has 6 atom stereocenters. The molecule has 4 aliphatic rings. The molecule has 0 aromatic heterocycles. The Hall–Kier alpha value is -1.38. The Morgan fingerprint density at radius 3 is 2.50 bits per heavy atom. The quantitative estimate of drug-likeness (QED) is 0.692.